The molecule has 0 aliphatic carbocycles. The molecule has 1 N–H and O–H groups in total. The lowest BCUT2D eigenvalue weighted by atomic mass is 10.2. The molecule has 29 heavy (non-hydrogen) atoms. The van der Waals surface area contributed by atoms with Crippen LogP contribution >= 0.6 is 11.6 Å². The van der Waals surface area contributed by atoms with Crippen molar-refractivity contribution in [3.63, 3.8) is 0 Å². The fourth-order valence-corrected chi connectivity index (χ4v) is 2.93. The van der Waals surface area contributed by atoms with Crippen molar-refractivity contribution in [2.45, 2.75) is 19.6 Å². The maximum atomic E-state index is 12.8. The second kappa shape index (κ2) is 8.08. The highest BCUT2D eigenvalue weighted by atomic mass is 35.5. The van der Waals surface area contributed by atoms with E-state index in [4.69, 9.17) is 11.6 Å². The van der Waals surface area contributed by atoms with Crippen LogP contribution in [0.15, 0.2) is 59.4 Å². The van der Waals surface area contributed by atoms with Crippen LogP contribution in [-0.4, -0.2) is 15.5 Å². The van der Waals surface area contributed by atoms with E-state index in [2.05, 4.69) is 10.3 Å². The number of aryl methyl sites for hydroxylation is 1. The molecule has 0 spiro atoms. The minimum absolute atomic E-state index is 0.0257. The summed E-state index contributed by atoms with van der Waals surface area (Å²) < 4.78 is 39.7. The summed E-state index contributed by atoms with van der Waals surface area (Å²) in [6.45, 7) is 1.21. The van der Waals surface area contributed by atoms with E-state index < -0.39 is 29.8 Å². The summed E-state index contributed by atoms with van der Waals surface area (Å²) in [6.07, 6.45) is -4.53. The van der Waals surface area contributed by atoms with Crippen LogP contribution in [-0.2, 0) is 17.5 Å². The fourth-order valence-electron chi connectivity index (χ4n) is 2.74. The first-order valence-electron chi connectivity index (χ1n) is 8.45. The summed E-state index contributed by atoms with van der Waals surface area (Å²) in [6, 6.07) is 12.1. The first-order valence-corrected chi connectivity index (χ1v) is 8.83. The monoisotopic (exact) mass is 421 g/mol. The van der Waals surface area contributed by atoms with Gasteiger partial charge in [-0.15, -0.1) is 0 Å². The number of nitrogens with zero attached hydrogens (tertiary/aromatic N) is 2. The zero-order valence-electron chi connectivity index (χ0n) is 15.1. The number of nitrogens with one attached hydrogen (secondary N) is 1. The highest BCUT2D eigenvalue weighted by molar-refractivity contribution is 6.30. The Hall–Kier alpha value is -3.13. The first kappa shape index (κ1) is 20.6. The predicted molar refractivity (Wildman–Crippen MR) is 104 cm³/mol. The maximum Gasteiger partial charge on any atom is 0.416 e. The number of benzene rings is 2. The van der Waals surface area contributed by atoms with Gasteiger partial charge in [0.05, 0.1) is 5.56 Å². The van der Waals surface area contributed by atoms with Gasteiger partial charge in [-0.25, -0.2) is 4.98 Å². The molecule has 1 heterocycles. The molecule has 0 aliphatic rings. The molecule has 3 rings (SSSR count). The molecule has 0 radical (unpaired) electrons. The molecule has 0 saturated heterocycles. The summed E-state index contributed by atoms with van der Waals surface area (Å²) in [5.41, 5.74) is -0.386. The van der Waals surface area contributed by atoms with E-state index in [0.29, 0.717) is 16.3 Å². The van der Waals surface area contributed by atoms with E-state index in [0.717, 1.165) is 16.7 Å². The number of aromatic nitrogens is 2. The van der Waals surface area contributed by atoms with Gasteiger partial charge in [-0.05, 0) is 37.3 Å². The number of hydrogen-bond acceptors (Lipinski definition) is 3. The van der Waals surface area contributed by atoms with Crippen LogP contribution in [0.25, 0.3) is 11.4 Å². The standard InChI is InChI=1S/C20H15ClF3N3O2/c1-12-8-18(29)27(19(25-12)13-4-2-6-15(21)9-13)11-17(28)26-16-7-3-5-14(10-16)20(22,23)24/h2-10H,11H2,1H3,(H,26,28). The zero-order valence-corrected chi connectivity index (χ0v) is 15.9. The van der Waals surface area contributed by atoms with Crippen LogP contribution < -0.4 is 10.9 Å². The molecule has 0 unspecified atom stereocenters. The third-order valence-electron chi connectivity index (χ3n) is 3.99. The van der Waals surface area contributed by atoms with Crippen molar-refractivity contribution in [3.05, 3.63) is 81.2 Å². The van der Waals surface area contributed by atoms with Gasteiger partial charge >= 0.3 is 6.18 Å². The summed E-state index contributed by atoms with van der Waals surface area (Å²) in [4.78, 5) is 29.2. The number of halogens is 4. The maximum absolute atomic E-state index is 12.8. The third kappa shape index (κ3) is 5.03. The Morgan fingerprint density at radius 1 is 1.14 bits per heavy atom. The van der Waals surface area contributed by atoms with Gasteiger partial charge in [-0.3, -0.25) is 14.2 Å². The Kier molecular flexibility index (Phi) is 5.74. The van der Waals surface area contributed by atoms with Gasteiger partial charge in [0.25, 0.3) is 5.56 Å². The summed E-state index contributed by atoms with van der Waals surface area (Å²) in [5.74, 6) is -0.433. The van der Waals surface area contributed by atoms with Crippen LogP contribution in [0.1, 0.15) is 11.3 Å². The van der Waals surface area contributed by atoms with Gasteiger partial charge in [-0.1, -0.05) is 29.8 Å². The van der Waals surface area contributed by atoms with Gasteiger partial charge in [-0.2, -0.15) is 13.2 Å². The average Bonchev–Trinajstić information content (AvgIpc) is 2.63. The molecule has 0 bridgehead atoms. The quantitative estimate of drug-likeness (QED) is 0.673. The number of hydrogen-bond donors (Lipinski definition) is 1. The van der Waals surface area contributed by atoms with Crippen molar-refractivity contribution in [2.24, 2.45) is 0 Å². The fraction of sp³-hybridized carbons (Fsp3) is 0.150. The third-order valence-corrected chi connectivity index (χ3v) is 4.23. The summed E-state index contributed by atoms with van der Waals surface area (Å²) in [5, 5.41) is 2.81. The van der Waals surface area contributed by atoms with Gasteiger partial charge in [0.2, 0.25) is 5.91 Å². The SMILES string of the molecule is Cc1cc(=O)n(CC(=O)Nc2cccc(C(F)(F)F)c2)c(-c2cccc(Cl)c2)n1. The second-order valence-electron chi connectivity index (χ2n) is 6.28. The molecule has 1 aromatic heterocycles. The molecule has 0 saturated carbocycles. The van der Waals surface area contributed by atoms with Crippen LogP contribution in [0, 0.1) is 6.92 Å². The number of carbonyl (C=O) groups is 1. The van der Waals surface area contributed by atoms with Crippen molar-refractivity contribution >= 4 is 23.2 Å². The minimum Gasteiger partial charge on any atom is -0.325 e. The number of carbonyl (C=O) groups excluding carboxylic acids is 1. The Balaban J connectivity index is 1.91. The lowest BCUT2D eigenvalue weighted by Gasteiger charge is -2.14. The molecule has 2 aromatic carbocycles. The number of alkyl halides is 3. The molecule has 3 aromatic rings. The topological polar surface area (TPSA) is 64.0 Å². The number of anilines is 1. The van der Waals surface area contributed by atoms with E-state index in [1.54, 1.807) is 31.2 Å². The van der Waals surface area contributed by atoms with E-state index in [-0.39, 0.29) is 11.5 Å². The van der Waals surface area contributed by atoms with Crippen LogP contribution in [0.3, 0.4) is 0 Å². The van der Waals surface area contributed by atoms with Crippen molar-refractivity contribution in [1.82, 2.24) is 9.55 Å². The molecule has 5 nitrogen and oxygen atoms in total. The predicted octanol–water partition coefficient (Wildman–Crippen LogP) is 4.53. The van der Waals surface area contributed by atoms with Gasteiger partial charge in [0, 0.05) is 28.0 Å². The Labute approximate surface area is 168 Å². The van der Waals surface area contributed by atoms with Crippen LogP contribution in [0.5, 0.6) is 0 Å². The summed E-state index contributed by atoms with van der Waals surface area (Å²) >= 11 is 6.00. The van der Waals surface area contributed by atoms with E-state index >= 15 is 0 Å². The van der Waals surface area contributed by atoms with E-state index in [1.165, 1.54) is 18.2 Å². The molecule has 0 atom stereocenters. The van der Waals surface area contributed by atoms with Gasteiger partial charge in [0.15, 0.2) is 0 Å². The van der Waals surface area contributed by atoms with Crippen molar-refractivity contribution < 1.29 is 18.0 Å². The molecular weight excluding hydrogens is 407 g/mol. The smallest absolute Gasteiger partial charge is 0.325 e. The van der Waals surface area contributed by atoms with Crippen molar-refractivity contribution in [1.29, 1.82) is 0 Å². The lowest BCUT2D eigenvalue weighted by molar-refractivity contribution is -0.137. The Morgan fingerprint density at radius 2 is 1.86 bits per heavy atom. The molecule has 1 amide bonds. The van der Waals surface area contributed by atoms with E-state index in [1.807, 2.05) is 0 Å². The average molecular weight is 422 g/mol. The lowest BCUT2D eigenvalue weighted by Crippen LogP contribution is -2.29. The largest absolute Gasteiger partial charge is 0.416 e. The van der Waals surface area contributed by atoms with Gasteiger partial charge < -0.3 is 5.32 Å². The van der Waals surface area contributed by atoms with Gasteiger partial charge in [0.1, 0.15) is 12.4 Å². The van der Waals surface area contributed by atoms with Crippen LogP contribution in [0.4, 0.5) is 18.9 Å². The van der Waals surface area contributed by atoms with E-state index in [9.17, 15) is 22.8 Å². The highest BCUT2D eigenvalue weighted by Crippen LogP contribution is 2.30. The number of rotatable bonds is 4. The van der Waals surface area contributed by atoms with Crippen molar-refractivity contribution in [3.8, 4) is 11.4 Å². The van der Waals surface area contributed by atoms with Crippen LogP contribution in [0.2, 0.25) is 5.02 Å². The normalized spacial score (nSPS) is 11.3. The number of amides is 1. The highest BCUT2D eigenvalue weighted by Gasteiger charge is 2.30. The second-order valence-corrected chi connectivity index (χ2v) is 6.72. The molecular formula is C20H15ClF3N3O2. The summed E-state index contributed by atoms with van der Waals surface area (Å²) in [7, 11) is 0. The first-order chi connectivity index (χ1) is 13.6. The molecule has 0 fully saturated rings. The minimum atomic E-state index is -4.53. The Morgan fingerprint density at radius 3 is 2.55 bits per heavy atom. The Bertz CT molecular complexity index is 1130. The van der Waals surface area contributed by atoms with Crippen molar-refractivity contribution in [2.75, 3.05) is 5.32 Å². The molecule has 150 valence electrons. The zero-order chi connectivity index (χ0) is 21.2. The molecule has 0 aliphatic heterocycles. The molecule has 9 heteroatoms.